The van der Waals surface area contributed by atoms with E-state index in [1.807, 2.05) is 29.4 Å². The standard InChI is InChI=1S/C19H20N4O3/c24-19(17-5-2-11-26-17)23-7-3-6-22(8-9-23)14-15-12-20-18(21-13-15)16-4-1-10-25-16/h1-2,4-5,10-13H,3,6-9,14H2. The first-order chi connectivity index (χ1) is 12.8. The summed E-state index contributed by atoms with van der Waals surface area (Å²) in [6.07, 6.45) is 7.74. The Morgan fingerprint density at radius 3 is 2.54 bits per heavy atom. The highest BCUT2D eigenvalue weighted by Gasteiger charge is 2.22. The molecular formula is C19H20N4O3. The van der Waals surface area contributed by atoms with Crippen LogP contribution >= 0.6 is 0 Å². The molecule has 1 aliphatic heterocycles. The van der Waals surface area contributed by atoms with Gasteiger partial charge in [-0.1, -0.05) is 0 Å². The summed E-state index contributed by atoms with van der Waals surface area (Å²) in [7, 11) is 0. The first-order valence-electron chi connectivity index (χ1n) is 8.69. The molecule has 26 heavy (non-hydrogen) atoms. The van der Waals surface area contributed by atoms with Gasteiger partial charge in [0.2, 0.25) is 0 Å². The van der Waals surface area contributed by atoms with E-state index in [9.17, 15) is 4.79 Å². The molecule has 4 heterocycles. The number of aromatic nitrogens is 2. The predicted molar refractivity (Wildman–Crippen MR) is 94.2 cm³/mol. The van der Waals surface area contributed by atoms with Crippen LogP contribution in [-0.2, 0) is 6.54 Å². The summed E-state index contributed by atoms with van der Waals surface area (Å²) in [6.45, 7) is 3.93. The van der Waals surface area contributed by atoms with E-state index in [1.165, 1.54) is 6.26 Å². The van der Waals surface area contributed by atoms with Crippen molar-refractivity contribution in [3.8, 4) is 11.6 Å². The molecule has 7 nitrogen and oxygen atoms in total. The van der Waals surface area contributed by atoms with Crippen molar-refractivity contribution in [3.05, 3.63) is 60.5 Å². The third-order valence-corrected chi connectivity index (χ3v) is 4.46. The van der Waals surface area contributed by atoms with Crippen molar-refractivity contribution >= 4 is 5.91 Å². The molecule has 0 spiro atoms. The Morgan fingerprint density at radius 1 is 1.00 bits per heavy atom. The van der Waals surface area contributed by atoms with E-state index >= 15 is 0 Å². The SMILES string of the molecule is O=C(c1ccco1)N1CCCN(Cc2cnc(-c3ccco3)nc2)CC1. The molecule has 4 rings (SSSR count). The lowest BCUT2D eigenvalue weighted by Gasteiger charge is -2.21. The highest BCUT2D eigenvalue weighted by Crippen LogP contribution is 2.16. The fraction of sp³-hybridized carbons (Fsp3) is 0.316. The summed E-state index contributed by atoms with van der Waals surface area (Å²) < 4.78 is 10.5. The van der Waals surface area contributed by atoms with Crippen molar-refractivity contribution in [3.63, 3.8) is 0 Å². The molecule has 0 radical (unpaired) electrons. The van der Waals surface area contributed by atoms with E-state index in [0.717, 1.165) is 38.2 Å². The lowest BCUT2D eigenvalue weighted by Crippen LogP contribution is -2.34. The Hall–Kier alpha value is -2.93. The van der Waals surface area contributed by atoms with E-state index in [1.54, 1.807) is 18.4 Å². The van der Waals surface area contributed by atoms with Crippen LogP contribution in [-0.4, -0.2) is 51.9 Å². The smallest absolute Gasteiger partial charge is 0.289 e. The van der Waals surface area contributed by atoms with Crippen molar-refractivity contribution < 1.29 is 13.6 Å². The monoisotopic (exact) mass is 352 g/mol. The maximum Gasteiger partial charge on any atom is 0.289 e. The number of amides is 1. The van der Waals surface area contributed by atoms with Gasteiger partial charge < -0.3 is 13.7 Å². The summed E-state index contributed by atoms with van der Waals surface area (Å²) >= 11 is 0. The number of furan rings is 2. The molecule has 0 atom stereocenters. The average Bonchev–Trinajstić information content (AvgIpc) is 3.34. The van der Waals surface area contributed by atoms with Gasteiger partial charge in [0.05, 0.1) is 12.5 Å². The minimum atomic E-state index is -0.0389. The summed E-state index contributed by atoms with van der Waals surface area (Å²) in [5, 5.41) is 0. The molecule has 1 saturated heterocycles. The predicted octanol–water partition coefficient (Wildman–Crippen LogP) is 2.68. The lowest BCUT2D eigenvalue weighted by molar-refractivity contribution is 0.0729. The third kappa shape index (κ3) is 3.67. The Kier molecular flexibility index (Phi) is 4.79. The maximum atomic E-state index is 12.4. The zero-order valence-electron chi connectivity index (χ0n) is 14.4. The van der Waals surface area contributed by atoms with Gasteiger partial charge in [-0.05, 0) is 30.7 Å². The van der Waals surface area contributed by atoms with Gasteiger partial charge in [-0.2, -0.15) is 0 Å². The summed E-state index contributed by atoms with van der Waals surface area (Å²) in [6, 6.07) is 7.11. The van der Waals surface area contributed by atoms with E-state index in [0.29, 0.717) is 23.9 Å². The van der Waals surface area contributed by atoms with Crippen LogP contribution in [0.4, 0.5) is 0 Å². The molecule has 0 N–H and O–H groups in total. The fourth-order valence-electron chi connectivity index (χ4n) is 3.12. The van der Waals surface area contributed by atoms with E-state index in [-0.39, 0.29) is 5.91 Å². The van der Waals surface area contributed by atoms with Gasteiger partial charge in [-0.3, -0.25) is 9.69 Å². The van der Waals surface area contributed by atoms with Gasteiger partial charge in [0.15, 0.2) is 17.3 Å². The van der Waals surface area contributed by atoms with Gasteiger partial charge in [0.1, 0.15) is 0 Å². The Labute approximate surface area is 151 Å². The van der Waals surface area contributed by atoms with Gasteiger partial charge in [-0.25, -0.2) is 9.97 Å². The van der Waals surface area contributed by atoms with Crippen LogP contribution in [0.25, 0.3) is 11.6 Å². The van der Waals surface area contributed by atoms with E-state index in [2.05, 4.69) is 14.9 Å². The molecular weight excluding hydrogens is 332 g/mol. The van der Waals surface area contributed by atoms with Crippen LogP contribution in [0, 0.1) is 0 Å². The Morgan fingerprint density at radius 2 is 1.81 bits per heavy atom. The van der Waals surface area contributed by atoms with Crippen molar-refractivity contribution in [2.75, 3.05) is 26.2 Å². The van der Waals surface area contributed by atoms with Crippen LogP contribution in [0.15, 0.2) is 58.0 Å². The summed E-state index contributed by atoms with van der Waals surface area (Å²) in [5.74, 6) is 1.62. The third-order valence-electron chi connectivity index (χ3n) is 4.46. The van der Waals surface area contributed by atoms with Crippen molar-refractivity contribution in [1.29, 1.82) is 0 Å². The van der Waals surface area contributed by atoms with Crippen LogP contribution < -0.4 is 0 Å². The molecule has 0 aromatic carbocycles. The molecule has 7 heteroatoms. The lowest BCUT2D eigenvalue weighted by atomic mass is 10.3. The Balaban J connectivity index is 1.35. The van der Waals surface area contributed by atoms with Crippen molar-refractivity contribution in [1.82, 2.24) is 19.8 Å². The molecule has 1 amide bonds. The molecule has 0 saturated carbocycles. The van der Waals surface area contributed by atoms with Crippen LogP contribution in [0.3, 0.4) is 0 Å². The molecule has 134 valence electrons. The van der Waals surface area contributed by atoms with Crippen LogP contribution in [0.1, 0.15) is 22.5 Å². The van der Waals surface area contributed by atoms with E-state index in [4.69, 9.17) is 8.83 Å². The molecule has 0 unspecified atom stereocenters. The molecule has 0 bridgehead atoms. The second-order valence-corrected chi connectivity index (χ2v) is 6.29. The minimum Gasteiger partial charge on any atom is -0.461 e. The van der Waals surface area contributed by atoms with Gasteiger partial charge in [0, 0.05) is 50.7 Å². The first kappa shape index (κ1) is 16.5. The highest BCUT2D eigenvalue weighted by molar-refractivity contribution is 5.91. The minimum absolute atomic E-state index is 0.0389. The number of hydrogen-bond acceptors (Lipinski definition) is 6. The summed E-state index contributed by atoms with van der Waals surface area (Å²) in [5.41, 5.74) is 1.05. The zero-order valence-corrected chi connectivity index (χ0v) is 14.4. The highest BCUT2D eigenvalue weighted by atomic mass is 16.3. The molecule has 0 aliphatic carbocycles. The maximum absolute atomic E-state index is 12.4. The molecule has 3 aromatic rings. The fourth-order valence-corrected chi connectivity index (χ4v) is 3.12. The summed E-state index contributed by atoms with van der Waals surface area (Å²) in [4.78, 5) is 25.3. The van der Waals surface area contributed by atoms with E-state index < -0.39 is 0 Å². The quantitative estimate of drug-likeness (QED) is 0.719. The number of nitrogens with zero attached hydrogens (tertiary/aromatic N) is 4. The van der Waals surface area contributed by atoms with Crippen molar-refractivity contribution in [2.24, 2.45) is 0 Å². The number of carbonyl (C=O) groups excluding carboxylic acids is 1. The second kappa shape index (κ2) is 7.53. The topological polar surface area (TPSA) is 75.6 Å². The zero-order chi connectivity index (χ0) is 17.8. The van der Waals surface area contributed by atoms with Crippen molar-refractivity contribution in [2.45, 2.75) is 13.0 Å². The number of carbonyl (C=O) groups is 1. The molecule has 1 aliphatic rings. The van der Waals surface area contributed by atoms with Gasteiger partial charge in [-0.15, -0.1) is 0 Å². The largest absolute Gasteiger partial charge is 0.461 e. The number of hydrogen-bond donors (Lipinski definition) is 0. The average molecular weight is 352 g/mol. The molecule has 3 aromatic heterocycles. The van der Waals surface area contributed by atoms with Gasteiger partial charge >= 0.3 is 0 Å². The van der Waals surface area contributed by atoms with Crippen LogP contribution in [0.2, 0.25) is 0 Å². The normalized spacial score (nSPS) is 15.8. The number of rotatable bonds is 4. The van der Waals surface area contributed by atoms with Crippen LogP contribution in [0.5, 0.6) is 0 Å². The van der Waals surface area contributed by atoms with Gasteiger partial charge in [0.25, 0.3) is 5.91 Å². The second-order valence-electron chi connectivity index (χ2n) is 6.29. The first-order valence-corrected chi connectivity index (χ1v) is 8.69. The molecule has 1 fully saturated rings. The Bertz CT molecular complexity index is 828.